The Morgan fingerprint density at radius 1 is 1.44 bits per heavy atom. The van der Waals surface area contributed by atoms with Crippen molar-refractivity contribution in [3.63, 3.8) is 0 Å². The molecule has 16 heavy (non-hydrogen) atoms. The predicted molar refractivity (Wildman–Crippen MR) is 65.7 cm³/mol. The van der Waals surface area contributed by atoms with Crippen molar-refractivity contribution >= 4 is 22.5 Å². The van der Waals surface area contributed by atoms with E-state index >= 15 is 0 Å². The first-order valence-corrected chi connectivity index (χ1v) is 5.98. The molecule has 1 aliphatic rings. The van der Waals surface area contributed by atoms with Gasteiger partial charge < -0.3 is 5.73 Å². The molecule has 0 spiro atoms. The highest BCUT2D eigenvalue weighted by atomic mass is 35.5. The molecule has 0 aliphatic heterocycles. The van der Waals surface area contributed by atoms with Crippen LogP contribution in [0.1, 0.15) is 24.8 Å². The number of hydrogen-bond donors (Lipinski definition) is 2. The van der Waals surface area contributed by atoms with Crippen LogP contribution in [0.3, 0.4) is 0 Å². The molecule has 0 amide bonds. The number of rotatable bonds is 2. The maximum absolute atomic E-state index is 6.05. The summed E-state index contributed by atoms with van der Waals surface area (Å²) in [5, 5.41) is 8.75. The lowest BCUT2D eigenvalue weighted by molar-refractivity contribution is 0.255. The summed E-state index contributed by atoms with van der Waals surface area (Å²) in [6, 6.07) is 6.16. The topological polar surface area (TPSA) is 54.7 Å². The van der Waals surface area contributed by atoms with E-state index < -0.39 is 0 Å². The second-order valence-corrected chi connectivity index (χ2v) is 4.96. The zero-order valence-corrected chi connectivity index (χ0v) is 9.72. The zero-order chi connectivity index (χ0) is 11.2. The van der Waals surface area contributed by atoms with Gasteiger partial charge in [-0.3, -0.25) is 5.10 Å². The maximum Gasteiger partial charge on any atom is 0.132 e. The Morgan fingerprint density at radius 2 is 2.25 bits per heavy atom. The number of nitrogens with one attached hydrogen (secondary N) is 1. The largest absolute Gasteiger partial charge is 0.330 e. The van der Waals surface area contributed by atoms with Gasteiger partial charge >= 0.3 is 0 Å². The maximum atomic E-state index is 6.05. The number of nitrogens with zero attached hydrogens (tertiary/aromatic N) is 1. The molecular formula is C12H14ClN3. The summed E-state index contributed by atoms with van der Waals surface area (Å²) in [7, 11) is 0. The molecular weight excluding hydrogens is 222 g/mol. The molecule has 1 fully saturated rings. The highest BCUT2D eigenvalue weighted by Gasteiger charge is 2.39. The van der Waals surface area contributed by atoms with Gasteiger partial charge in [-0.1, -0.05) is 30.2 Å². The third-order valence-electron chi connectivity index (χ3n) is 3.81. The molecule has 3 N–H and O–H groups in total. The van der Waals surface area contributed by atoms with E-state index in [1.54, 1.807) is 0 Å². The summed E-state index contributed by atoms with van der Waals surface area (Å²) in [5.41, 5.74) is 8.30. The van der Waals surface area contributed by atoms with Gasteiger partial charge in [0.05, 0.1) is 5.52 Å². The first kappa shape index (κ1) is 10.1. The molecule has 3 rings (SSSR count). The SMILES string of the molecule is NCC1(c2cccc3c(Cl)[nH]nc23)CCC1. The summed E-state index contributed by atoms with van der Waals surface area (Å²) >= 11 is 6.05. The van der Waals surface area contributed by atoms with Crippen molar-refractivity contribution in [1.82, 2.24) is 10.2 Å². The van der Waals surface area contributed by atoms with Crippen molar-refractivity contribution in [2.24, 2.45) is 5.73 Å². The lowest BCUT2D eigenvalue weighted by atomic mass is 9.64. The van der Waals surface area contributed by atoms with Crippen molar-refractivity contribution in [3.05, 3.63) is 28.9 Å². The number of H-pyrrole nitrogens is 1. The Bertz CT molecular complexity index is 523. The van der Waals surface area contributed by atoms with Gasteiger partial charge in [-0.15, -0.1) is 0 Å². The molecule has 1 aliphatic carbocycles. The molecule has 1 saturated carbocycles. The molecule has 0 radical (unpaired) electrons. The number of aromatic amines is 1. The standard InChI is InChI=1S/C12H14ClN3/c13-11-8-3-1-4-9(10(8)15-16-11)12(7-14)5-2-6-12/h1,3-4H,2,5-7,14H2,(H,15,16). The average Bonchev–Trinajstić information content (AvgIpc) is 2.61. The van der Waals surface area contributed by atoms with E-state index in [9.17, 15) is 0 Å². The Labute approximate surface area is 99.0 Å². The van der Waals surface area contributed by atoms with Gasteiger partial charge in [-0.05, 0) is 24.5 Å². The Kier molecular flexibility index (Phi) is 2.19. The Balaban J connectivity index is 2.23. The molecule has 3 nitrogen and oxygen atoms in total. The number of halogens is 1. The van der Waals surface area contributed by atoms with E-state index in [0.29, 0.717) is 11.7 Å². The normalized spacial score (nSPS) is 18.6. The van der Waals surface area contributed by atoms with E-state index in [-0.39, 0.29) is 5.41 Å². The number of aromatic nitrogens is 2. The molecule has 84 valence electrons. The van der Waals surface area contributed by atoms with Crippen molar-refractivity contribution in [2.75, 3.05) is 6.54 Å². The second kappa shape index (κ2) is 3.47. The van der Waals surface area contributed by atoms with Crippen molar-refractivity contribution < 1.29 is 0 Å². The number of benzene rings is 1. The summed E-state index contributed by atoms with van der Waals surface area (Å²) in [5.74, 6) is 0. The summed E-state index contributed by atoms with van der Waals surface area (Å²) in [4.78, 5) is 0. The van der Waals surface area contributed by atoms with Gasteiger partial charge in [-0.2, -0.15) is 5.10 Å². The van der Waals surface area contributed by atoms with Crippen LogP contribution in [0.25, 0.3) is 10.9 Å². The predicted octanol–water partition coefficient (Wildman–Crippen LogP) is 2.60. The third-order valence-corrected chi connectivity index (χ3v) is 4.10. The Morgan fingerprint density at radius 3 is 2.88 bits per heavy atom. The summed E-state index contributed by atoms with van der Waals surface area (Å²) in [6.45, 7) is 0.691. The fourth-order valence-corrected chi connectivity index (χ4v) is 2.82. The van der Waals surface area contributed by atoms with Crippen LogP contribution in [-0.4, -0.2) is 16.7 Å². The van der Waals surface area contributed by atoms with Crippen LogP contribution >= 0.6 is 11.6 Å². The molecule has 0 atom stereocenters. The molecule has 0 bridgehead atoms. The molecule has 2 aromatic rings. The van der Waals surface area contributed by atoms with Gasteiger partial charge in [0.25, 0.3) is 0 Å². The first-order valence-electron chi connectivity index (χ1n) is 5.60. The minimum atomic E-state index is 0.137. The number of para-hydroxylation sites is 1. The molecule has 4 heteroatoms. The zero-order valence-electron chi connectivity index (χ0n) is 8.96. The fraction of sp³-hybridized carbons (Fsp3) is 0.417. The molecule has 1 aromatic carbocycles. The monoisotopic (exact) mass is 235 g/mol. The van der Waals surface area contributed by atoms with Crippen LogP contribution in [0.4, 0.5) is 0 Å². The third kappa shape index (κ3) is 1.22. The summed E-state index contributed by atoms with van der Waals surface area (Å²) < 4.78 is 0. The lowest BCUT2D eigenvalue weighted by Gasteiger charge is -2.41. The highest BCUT2D eigenvalue weighted by molar-refractivity contribution is 6.34. The van der Waals surface area contributed by atoms with Crippen molar-refractivity contribution in [2.45, 2.75) is 24.7 Å². The highest BCUT2D eigenvalue weighted by Crippen LogP contribution is 2.45. The quantitative estimate of drug-likeness (QED) is 0.841. The van der Waals surface area contributed by atoms with Gasteiger partial charge in [-0.25, -0.2) is 0 Å². The van der Waals surface area contributed by atoms with E-state index in [4.69, 9.17) is 17.3 Å². The van der Waals surface area contributed by atoms with Crippen LogP contribution in [0.2, 0.25) is 5.15 Å². The molecule has 0 unspecified atom stereocenters. The van der Waals surface area contributed by atoms with E-state index in [1.165, 1.54) is 12.0 Å². The molecule has 1 heterocycles. The van der Waals surface area contributed by atoms with Crippen LogP contribution in [-0.2, 0) is 5.41 Å². The fourth-order valence-electron chi connectivity index (χ4n) is 2.62. The smallest absolute Gasteiger partial charge is 0.132 e. The van der Waals surface area contributed by atoms with Crippen molar-refractivity contribution in [1.29, 1.82) is 0 Å². The van der Waals surface area contributed by atoms with Gasteiger partial charge in [0.15, 0.2) is 0 Å². The van der Waals surface area contributed by atoms with Crippen molar-refractivity contribution in [3.8, 4) is 0 Å². The minimum Gasteiger partial charge on any atom is -0.330 e. The van der Waals surface area contributed by atoms with E-state index in [2.05, 4.69) is 16.3 Å². The molecule has 1 aromatic heterocycles. The second-order valence-electron chi connectivity index (χ2n) is 4.58. The van der Waals surface area contributed by atoms with Gasteiger partial charge in [0, 0.05) is 17.3 Å². The Hall–Kier alpha value is -1.06. The van der Waals surface area contributed by atoms with Gasteiger partial charge in [0.2, 0.25) is 0 Å². The van der Waals surface area contributed by atoms with Crippen LogP contribution < -0.4 is 5.73 Å². The average molecular weight is 236 g/mol. The molecule has 0 saturated heterocycles. The minimum absolute atomic E-state index is 0.137. The van der Waals surface area contributed by atoms with E-state index in [1.807, 2.05) is 12.1 Å². The number of hydrogen-bond acceptors (Lipinski definition) is 2. The van der Waals surface area contributed by atoms with Crippen LogP contribution in [0.15, 0.2) is 18.2 Å². The van der Waals surface area contributed by atoms with Crippen LogP contribution in [0.5, 0.6) is 0 Å². The summed E-state index contributed by atoms with van der Waals surface area (Å²) in [6.07, 6.45) is 3.58. The van der Waals surface area contributed by atoms with E-state index in [0.717, 1.165) is 23.7 Å². The number of nitrogens with two attached hydrogens (primary N) is 1. The first-order chi connectivity index (χ1) is 7.77. The number of fused-ring (bicyclic) bond motifs is 1. The van der Waals surface area contributed by atoms with Crippen LogP contribution in [0, 0.1) is 0 Å². The van der Waals surface area contributed by atoms with Gasteiger partial charge in [0.1, 0.15) is 5.15 Å². The lowest BCUT2D eigenvalue weighted by Crippen LogP contribution is -2.41.